The Kier molecular flexibility index (Phi) is 6.10. The van der Waals surface area contributed by atoms with Crippen LogP contribution in [0.2, 0.25) is 0 Å². The van der Waals surface area contributed by atoms with E-state index in [2.05, 4.69) is 48.4 Å². The monoisotopic (exact) mass is 416 g/mol. The van der Waals surface area contributed by atoms with Crippen LogP contribution in [0.3, 0.4) is 0 Å². The number of nitrogens with one attached hydrogen (secondary N) is 1. The van der Waals surface area contributed by atoms with Crippen molar-refractivity contribution in [3.05, 3.63) is 78.4 Å². The van der Waals surface area contributed by atoms with Crippen LogP contribution in [0.1, 0.15) is 31.7 Å². The summed E-state index contributed by atoms with van der Waals surface area (Å²) < 4.78 is 6.72. The van der Waals surface area contributed by atoms with Gasteiger partial charge >= 0.3 is 0 Å². The summed E-state index contributed by atoms with van der Waals surface area (Å²) in [7, 11) is 0. The van der Waals surface area contributed by atoms with E-state index in [1.165, 1.54) is 16.9 Å². The third kappa shape index (κ3) is 4.69. The second-order valence-corrected chi connectivity index (χ2v) is 8.31. The zero-order valence-corrected chi connectivity index (χ0v) is 17.9. The molecule has 0 fully saturated rings. The molecule has 0 aliphatic rings. The normalized spacial score (nSPS) is 11.9. The molecule has 4 rings (SSSR count). The zero-order valence-electron chi connectivity index (χ0n) is 17.1. The minimum absolute atomic E-state index is 0.0568. The lowest BCUT2D eigenvalue weighted by Gasteiger charge is -2.07. The van der Waals surface area contributed by atoms with Crippen LogP contribution in [0.4, 0.5) is 5.13 Å². The Bertz CT molecular complexity index is 1140. The number of rotatable bonds is 7. The van der Waals surface area contributed by atoms with Gasteiger partial charge in [-0.15, -0.1) is 0 Å². The molecule has 0 aliphatic heterocycles. The first-order valence-corrected chi connectivity index (χ1v) is 10.9. The molecule has 0 aliphatic carbocycles. The Morgan fingerprint density at radius 2 is 1.77 bits per heavy atom. The molecule has 1 unspecified atom stereocenters. The van der Waals surface area contributed by atoms with Crippen LogP contribution in [0, 0.1) is 0 Å². The Balaban J connectivity index is 1.35. The van der Waals surface area contributed by atoms with Crippen molar-refractivity contribution in [2.24, 2.45) is 0 Å². The molecule has 1 aromatic heterocycles. The molecule has 0 radical (unpaired) electrons. The van der Waals surface area contributed by atoms with Crippen molar-refractivity contribution >= 4 is 32.6 Å². The summed E-state index contributed by atoms with van der Waals surface area (Å²) in [5.74, 6) is 0.951. The van der Waals surface area contributed by atoms with Crippen molar-refractivity contribution in [3.63, 3.8) is 0 Å². The van der Waals surface area contributed by atoms with E-state index in [9.17, 15) is 4.79 Å². The van der Waals surface area contributed by atoms with Gasteiger partial charge in [0, 0.05) is 0 Å². The third-order valence-electron chi connectivity index (χ3n) is 5.17. The molecule has 3 aromatic carbocycles. The van der Waals surface area contributed by atoms with E-state index in [0.29, 0.717) is 16.8 Å². The molecule has 1 atom stereocenters. The number of thiazole rings is 1. The summed E-state index contributed by atoms with van der Waals surface area (Å²) in [5, 5.41) is 3.44. The maximum Gasteiger partial charge on any atom is 0.264 e. The van der Waals surface area contributed by atoms with Crippen LogP contribution in [0.25, 0.3) is 21.3 Å². The van der Waals surface area contributed by atoms with Gasteiger partial charge in [-0.1, -0.05) is 73.7 Å². The SMILES string of the molecule is CCC(C)c1ccc2nc(NC(=O)COc3ccc(-c4ccccc4)cc3)sc2c1. The number of aromatic nitrogens is 1. The molecule has 4 nitrogen and oxygen atoms in total. The Labute approximate surface area is 180 Å². The fourth-order valence-electron chi connectivity index (χ4n) is 3.22. The lowest BCUT2D eigenvalue weighted by molar-refractivity contribution is -0.118. The van der Waals surface area contributed by atoms with E-state index >= 15 is 0 Å². The standard InChI is InChI=1S/C25H24N2O2S/c1-3-17(2)20-11-14-22-23(15-20)30-25(26-22)27-24(28)16-29-21-12-9-19(10-13-21)18-7-5-4-6-8-18/h4-15,17H,3,16H2,1-2H3,(H,26,27,28). The molecule has 152 valence electrons. The van der Waals surface area contributed by atoms with Crippen molar-refractivity contribution < 1.29 is 9.53 Å². The molecule has 0 spiro atoms. The van der Waals surface area contributed by atoms with Crippen LogP contribution in [0.15, 0.2) is 72.8 Å². The molecule has 0 saturated heterocycles. The van der Waals surface area contributed by atoms with Crippen LogP contribution < -0.4 is 10.1 Å². The number of amides is 1. The van der Waals surface area contributed by atoms with Gasteiger partial charge in [0.2, 0.25) is 0 Å². The highest BCUT2D eigenvalue weighted by Gasteiger charge is 2.11. The summed E-state index contributed by atoms with van der Waals surface area (Å²) in [6.07, 6.45) is 1.09. The Hall–Kier alpha value is -3.18. The van der Waals surface area contributed by atoms with E-state index in [0.717, 1.165) is 27.8 Å². The Morgan fingerprint density at radius 3 is 2.50 bits per heavy atom. The number of anilines is 1. The average molecular weight is 417 g/mol. The van der Waals surface area contributed by atoms with Gasteiger partial charge in [0.05, 0.1) is 10.2 Å². The summed E-state index contributed by atoms with van der Waals surface area (Å²) in [6, 6.07) is 24.2. The fraction of sp³-hybridized carbons (Fsp3) is 0.200. The van der Waals surface area contributed by atoms with Gasteiger partial charge in [0.25, 0.3) is 5.91 Å². The first kappa shape index (κ1) is 20.1. The van der Waals surface area contributed by atoms with Crippen molar-refractivity contribution in [2.45, 2.75) is 26.2 Å². The quantitative estimate of drug-likeness (QED) is 0.374. The number of carbonyl (C=O) groups is 1. The second kappa shape index (κ2) is 9.09. The van der Waals surface area contributed by atoms with Gasteiger partial charge < -0.3 is 4.74 Å². The topological polar surface area (TPSA) is 51.2 Å². The zero-order chi connectivity index (χ0) is 20.9. The van der Waals surface area contributed by atoms with Crippen molar-refractivity contribution in [1.82, 2.24) is 4.98 Å². The van der Waals surface area contributed by atoms with Crippen molar-refractivity contribution in [3.8, 4) is 16.9 Å². The minimum atomic E-state index is -0.219. The van der Waals surface area contributed by atoms with E-state index in [-0.39, 0.29) is 12.5 Å². The van der Waals surface area contributed by atoms with E-state index in [4.69, 9.17) is 4.74 Å². The number of hydrogen-bond donors (Lipinski definition) is 1. The number of benzene rings is 3. The number of carbonyl (C=O) groups excluding carboxylic acids is 1. The summed E-state index contributed by atoms with van der Waals surface area (Å²) >= 11 is 1.49. The molecule has 4 aromatic rings. The first-order valence-electron chi connectivity index (χ1n) is 10.1. The summed E-state index contributed by atoms with van der Waals surface area (Å²) in [6.45, 7) is 4.34. The van der Waals surface area contributed by atoms with Gasteiger partial charge in [-0.3, -0.25) is 10.1 Å². The average Bonchev–Trinajstić information content (AvgIpc) is 3.19. The predicted octanol–water partition coefficient (Wildman–Crippen LogP) is 6.49. The Morgan fingerprint density at radius 1 is 1.03 bits per heavy atom. The second-order valence-electron chi connectivity index (χ2n) is 7.28. The van der Waals surface area contributed by atoms with Gasteiger partial charge in [0.1, 0.15) is 5.75 Å². The fourth-order valence-corrected chi connectivity index (χ4v) is 4.15. The van der Waals surface area contributed by atoms with Gasteiger partial charge in [-0.05, 0) is 53.3 Å². The molecule has 0 saturated carbocycles. The van der Waals surface area contributed by atoms with Crippen LogP contribution in [-0.4, -0.2) is 17.5 Å². The largest absolute Gasteiger partial charge is 0.484 e. The van der Waals surface area contributed by atoms with E-state index in [1.807, 2.05) is 48.5 Å². The molecular weight excluding hydrogens is 392 g/mol. The minimum Gasteiger partial charge on any atom is -0.484 e. The number of hydrogen-bond acceptors (Lipinski definition) is 4. The first-order chi connectivity index (χ1) is 14.6. The summed E-state index contributed by atoms with van der Waals surface area (Å²) in [5.41, 5.74) is 4.46. The maximum absolute atomic E-state index is 12.3. The van der Waals surface area contributed by atoms with E-state index in [1.54, 1.807) is 0 Å². The molecular formula is C25H24N2O2S. The smallest absolute Gasteiger partial charge is 0.264 e. The number of nitrogens with zero attached hydrogens (tertiary/aromatic N) is 1. The van der Waals surface area contributed by atoms with Crippen LogP contribution >= 0.6 is 11.3 Å². The van der Waals surface area contributed by atoms with Gasteiger partial charge in [-0.2, -0.15) is 0 Å². The highest BCUT2D eigenvalue weighted by Crippen LogP contribution is 2.30. The van der Waals surface area contributed by atoms with Crippen LogP contribution in [-0.2, 0) is 4.79 Å². The lowest BCUT2D eigenvalue weighted by atomic mass is 9.99. The van der Waals surface area contributed by atoms with Crippen molar-refractivity contribution in [1.29, 1.82) is 0 Å². The molecule has 30 heavy (non-hydrogen) atoms. The van der Waals surface area contributed by atoms with E-state index < -0.39 is 0 Å². The lowest BCUT2D eigenvalue weighted by Crippen LogP contribution is -2.19. The summed E-state index contributed by atoms with van der Waals surface area (Å²) in [4.78, 5) is 16.8. The third-order valence-corrected chi connectivity index (χ3v) is 6.11. The maximum atomic E-state index is 12.3. The molecule has 1 amide bonds. The highest BCUT2D eigenvalue weighted by atomic mass is 32.1. The predicted molar refractivity (Wildman–Crippen MR) is 124 cm³/mol. The van der Waals surface area contributed by atoms with Gasteiger partial charge in [0.15, 0.2) is 11.7 Å². The number of ether oxygens (including phenoxy) is 1. The highest BCUT2D eigenvalue weighted by molar-refractivity contribution is 7.22. The molecule has 0 bridgehead atoms. The van der Waals surface area contributed by atoms with Crippen LogP contribution in [0.5, 0.6) is 5.75 Å². The van der Waals surface area contributed by atoms with Gasteiger partial charge in [-0.25, -0.2) is 4.98 Å². The molecule has 1 heterocycles. The number of fused-ring (bicyclic) bond motifs is 1. The molecule has 1 N–H and O–H groups in total. The van der Waals surface area contributed by atoms with Crippen molar-refractivity contribution in [2.75, 3.05) is 11.9 Å². The molecule has 5 heteroatoms.